The van der Waals surface area contributed by atoms with Gasteiger partial charge < -0.3 is 15.4 Å². The van der Waals surface area contributed by atoms with E-state index in [4.69, 9.17) is 0 Å². The van der Waals surface area contributed by atoms with Crippen LogP contribution < -0.4 is 10.6 Å². The number of carbonyl (C=O) groups is 2. The van der Waals surface area contributed by atoms with Crippen LogP contribution in [-0.2, 0) is 20.9 Å². The Morgan fingerprint density at radius 2 is 1.94 bits per heavy atom. The standard InChI is InChI=1S/C19H15F4N3O2.C5H9NO/c20-15-7-13(10-28-11-19(21,22)23)6-14(8-15)17-9-18(24-12-27)25-26(17)16-4-2-1-3-5-16;1-4-2-5(7)6-3-4/h1-9,12H,10-11H2,(H,24,25,27);4H,2-3H2,1H3,(H,6,7). The summed E-state index contributed by atoms with van der Waals surface area (Å²) in [6.45, 7) is 1.12. The van der Waals surface area contributed by atoms with Crippen molar-refractivity contribution in [3.8, 4) is 16.9 Å². The van der Waals surface area contributed by atoms with Crippen molar-refractivity contribution in [2.75, 3.05) is 18.5 Å². The summed E-state index contributed by atoms with van der Waals surface area (Å²) in [6, 6.07) is 14.3. The van der Waals surface area contributed by atoms with Gasteiger partial charge in [0.2, 0.25) is 12.3 Å². The summed E-state index contributed by atoms with van der Waals surface area (Å²) >= 11 is 0. The number of para-hydroxylation sites is 1. The second-order valence-electron chi connectivity index (χ2n) is 7.99. The van der Waals surface area contributed by atoms with Gasteiger partial charge in [0.15, 0.2) is 5.82 Å². The molecule has 2 N–H and O–H groups in total. The summed E-state index contributed by atoms with van der Waals surface area (Å²) < 4.78 is 57.0. The van der Waals surface area contributed by atoms with E-state index in [0.717, 1.165) is 19.0 Å². The molecule has 2 heterocycles. The second-order valence-corrected chi connectivity index (χ2v) is 7.99. The number of alkyl halides is 3. The minimum Gasteiger partial charge on any atom is -0.367 e. The van der Waals surface area contributed by atoms with Gasteiger partial charge >= 0.3 is 6.18 Å². The van der Waals surface area contributed by atoms with Crippen molar-refractivity contribution in [1.29, 1.82) is 0 Å². The van der Waals surface area contributed by atoms with Gasteiger partial charge in [-0.2, -0.15) is 13.2 Å². The highest BCUT2D eigenvalue weighted by atomic mass is 19.4. The molecule has 186 valence electrons. The summed E-state index contributed by atoms with van der Waals surface area (Å²) in [5.41, 5.74) is 1.73. The molecule has 0 bridgehead atoms. The Kier molecular flexibility index (Phi) is 8.58. The largest absolute Gasteiger partial charge is 0.411 e. The molecule has 0 aliphatic carbocycles. The quantitative estimate of drug-likeness (QED) is 0.377. The lowest BCUT2D eigenvalue weighted by Gasteiger charge is -2.11. The number of hydrogen-bond donors (Lipinski definition) is 2. The van der Waals surface area contributed by atoms with Crippen LogP contribution in [0.25, 0.3) is 16.9 Å². The van der Waals surface area contributed by atoms with E-state index in [1.807, 2.05) is 6.07 Å². The zero-order valence-corrected chi connectivity index (χ0v) is 18.8. The number of ether oxygens (including phenoxy) is 1. The monoisotopic (exact) mass is 492 g/mol. The SMILES string of the molecule is CC1CNC(=O)C1.O=CNc1cc(-c2cc(F)cc(COCC(F)(F)F)c2)n(-c2ccccc2)n1. The van der Waals surface area contributed by atoms with Gasteiger partial charge in [-0.1, -0.05) is 25.1 Å². The molecule has 1 aromatic heterocycles. The molecule has 1 aliphatic heterocycles. The maximum absolute atomic E-state index is 14.1. The van der Waals surface area contributed by atoms with Crippen LogP contribution in [0.15, 0.2) is 54.6 Å². The first kappa shape index (κ1) is 25.9. The lowest BCUT2D eigenvalue weighted by atomic mass is 10.1. The average Bonchev–Trinajstić information content (AvgIpc) is 3.39. The second kappa shape index (κ2) is 11.6. The summed E-state index contributed by atoms with van der Waals surface area (Å²) in [6.07, 6.45) is -3.28. The van der Waals surface area contributed by atoms with Gasteiger partial charge in [0.05, 0.1) is 18.0 Å². The van der Waals surface area contributed by atoms with E-state index in [0.29, 0.717) is 29.3 Å². The fraction of sp³-hybridized carbons (Fsp3) is 0.292. The summed E-state index contributed by atoms with van der Waals surface area (Å²) in [5.74, 6) is 0.377. The maximum atomic E-state index is 14.1. The van der Waals surface area contributed by atoms with Crippen molar-refractivity contribution in [3.63, 3.8) is 0 Å². The number of aromatic nitrogens is 2. The first-order valence-electron chi connectivity index (χ1n) is 10.7. The summed E-state index contributed by atoms with van der Waals surface area (Å²) in [4.78, 5) is 21.1. The van der Waals surface area contributed by atoms with Crippen molar-refractivity contribution < 1.29 is 31.9 Å². The molecule has 1 aliphatic rings. The molecule has 1 unspecified atom stereocenters. The predicted octanol–water partition coefficient (Wildman–Crippen LogP) is 4.47. The van der Waals surface area contributed by atoms with E-state index in [9.17, 15) is 27.2 Å². The Hall–Kier alpha value is -3.73. The molecule has 11 heteroatoms. The molecular formula is C24H24F4N4O3. The third kappa shape index (κ3) is 7.92. The lowest BCUT2D eigenvalue weighted by Crippen LogP contribution is -2.16. The van der Waals surface area contributed by atoms with E-state index < -0.39 is 25.2 Å². The Labute approximate surface area is 199 Å². The van der Waals surface area contributed by atoms with Crippen molar-refractivity contribution in [2.24, 2.45) is 5.92 Å². The summed E-state index contributed by atoms with van der Waals surface area (Å²) in [7, 11) is 0. The number of anilines is 1. The lowest BCUT2D eigenvalue weighted by molar-refractivity contribution is -0.176. The zero-order valence-electron chi connectivity index (χ0n) is 18.8. The molecule has 3 aromatic rings. The van der Waals surface area contributed by atoms with Gasteiger partial charge in [-0.3, -0.25) is 9.59 Å². The molecule has 1 atom stereocenters. The van der Waals surface area contributed by atoms with Gasteiger partial charge in [0.25, 0.3) is 0 Å². The summed E-state index contributed by atoms with van der Waals surface area (Å²) in [5, 5.41) is 9.43. The van der Waals surface area contributed by atoms with E-state index in [-0.39, 0.29) is 17.3 Å². The third-order valence-electron chi connectivity index (χ3n) is 4.89. The van der Waals surface area contributed by atoms with Crippen LogP contribution in [0, 0.1) is 11.7 Å². The molecule has 4 rings (SSSR count). The normalized spacial score (nSPS) is 15.2. The number of hydrogen-bond acceptors (Lipinski definition) is 4. The van der Waals surface area contributed by atoms with Gasteiger partial charge in [-0.05, 0) is 41.8 Å². The molecule has 1 saturated heterocycles. The van der Waals surface area contributed by atoms with Crippen LogP contribution in [0.3, 0.4) is 0 Å². The number of benzene rings is 2. The molecular weight excluding hydrogens is 468 g/mol. The Bertz CT molecular complexity index is 1150. The molecule has 35 heavy (non-hydrogen) atoms. The first-order valence-corrected chi connectivity index (χ1v) is 10.7. The number of nitrogens with zero attached hydrogens (tertiary/aromatic N) is 2. The molecule has 0 spiro atoms. The van der Waals surface area contributed by atoms with Gasteiger partial charge in [-0.15, -0.1) is 5.10 Å². The smallest absolute Gasteiger partial charge is 0.367 e. The molecule has 1 fully saturated rings. The minimum absolute atomic E-state index is 0.201. The van der Waals surface area contributed by atoms with Crippen LogP contribution in [0.1, 0.15) is 18.9 Å². The van der Waals surface area contributed by atoms with Gasteiger partial charge in [0.1, 0.15) is 12.4 Å². The van der Waals surface area contributed by atoms with Gasteiger partial charge in [-0.25, -0.2) is 9.07 Å². The molecule has 0 radical (unpaired) electrons. The average molecular weight is 492 g/mol. The van der Waals surface area contributed by atoms with Crippen molar-refractivity contribution in [1.82, 2.24) is 15.1 Å². The number of nitrogens with one attached hydrogen (secondary N) is 2. The topological polar surface area (TPSA) is 85.3 Å². The number of halogens is 4. The van der Waals surface area contributed by atoms with Crippen LogP contribution in [0.4, 0.5) is 23.4 Å². The maximum Gasteiger partial charge on any atom is 0.411 e. The fourth-order valence-corrected chi connectivity index (χ4v) is 3.40. The minimum atomic E-state index is -4.46. The van der Waals surface area contributed by atoms with E-state index in [1.165, 1.54) is 22.9 Å². The Morgan fingerprint density at radius 3 is 2.51 bits per heavy atom. The Balaban J connectivity index is 0.000000420. The van der Waals surface area contributed by atoms with Crippen molar-refractivity contribution in [3.05, 3.63) is 66.0 Å². The Morgan fingerprint density at radius 1 is 1.20 bits per heavy atom. The van der Waals surface area contributed by atoms with E-state index >= 15 is 0 Å². The van der Waals surface area contributed by atoms with Crippen molar-refractivity contribution >= 4 is 18.1 Å². The van der Waals surface area contributed by atoms with Crippen molar-refractivity contribution in [2.45, 2.75) is 26.1 Å². The van der Waals surface area contributed by atoms with Crippen LogP contribution >= 0.6 is 0 Å². The highest BCUT2D eigenvalue weighted by Gasteiger charge is 2.27. The van der Waals surface area contributed by atoms with Crippen LogP contribution in [-0.4, -0.2) is 41.4 Å². The zero-order chi connectivity index (χ0) is 25.4. The molecule has 0 saturated carbocycles. The molecule has 7 nitrogen and oxygen atoms in total. The third-order valence-corrected chi connectivity index (χ3v) is 4.89. The number of amides is 2. The first-order chi connectivity index (χ1) is 16.6. The highest BCUT2D eigenvalue weighted by molar-refractivity contribution is 5.78. The highest BCUT2D eigenvalue weighted by Crippen LogP contribution is 2.28. The predicted molar refractivity (Wildman–Crippen MR) is 121 cm³/mol. The van der Waals surface area contributed by atoms with E-state index in [2.05, 4.69) is 27.4 Å². The molecule has 2 amide bonds. The number of carbonyl (C=O) groups excluding carboxylic acids is 2. The van der Waals surface area contributed by atoms with Gasteiger partial charge in [0, 0.05) is 24.6 Å². The fourth-order valence-electron chi connectivity index (χ4n) is 3.40. The number of rotatable bonds is 7. The van der Waals surface area contributed by atoms with Crippen LogP contribution in [0.2, 0.25) is 0 Å². The van der Waals surface area contributed by atoms with E-state index in [1.54, 1.807) is 24.3 Å². The van der Waals surface area contributed by atoms with Crippen LogP contribution in [0.5, 0.6) is 0 Å². The molecule has 2 aromatic carbocycles.